The number of likely N-dealkylation sites (tertiary alicyclic amines) is 2. The van der Waals surface area contributed by atoms with Crippen LogP contribution in [0, 0.1) is 11.8 Å². The molecule has 0 saturated carbocycles. The Morgan fingerprint density at radius 3 is 2.39 bits per heavy atom. The van der Waals surface area contributed by atoms with Gasteiger partial charge in [-0.1, -0.05) is 42.3 Å². The van der Waals surface area contributed by atoms with E-state index in [1.807, 2.05) is 12.1 Å². The van der Waals surface area contributed by atoms with E-state index in [1.54, 1.807) is 19.1 Å². The molecule has 200 valence electrons. The maximum Gasteiger partial charge on any atom is 0.230 e. The number of rotatable bonds is 6. The van der Waals surface area contributed by atoms with E-state index in [9.17, 15) is 14.7 Å². The number of nitrogens with zero attached hydrogens (tertiary/aromatic N) is 2. The summed E-state index contributed by atoms with van der Waals surface area (Å²) in [4.78, 5) is 30.8. The maximum atomic E-state index is 13.3. The van der Waals surface area contributed by atoms with Crippen LogP contribution in [0.5, 0.6) is 5.75 Å². The number of aromatic hydroxyl groups is 1. The molecule has 2 saturated heterocycles. The van der Waals surface area contributed by atoms with Gasteiger partial charge in [0, 0.05) is 44.7 Å². The molecule has 2 aliphatic heterocycles. The maximum absolute atomic E-state index is 13.3. The quantitative estimate of drug-likeness (QED) is 0.568. The van der Waals surface area contributed by atoms with Crippen LogP contribution in [0.15, 0.2) is 48.5 Å². The van der Waals surface area contributed by atoms with Gasteiger partial charge in [-0.05, 0) is 74.3 Å². The van der Waals surface area contributed by atoms with Crippen molar-refractivity contribution in [2.24, 2.45) is 0 Å². The standard InChI is InChI=1S/C32H39N3O3/c1-2-5-25(23-8-11-28(36)12-9-23)22-31(37)33-26-14-18-34(19-15-26)27-16-20-35(21-17-27)32(38)30-13-10-24-6-3-4-7-29(24)30/h3-4,6-9,11-12,25-27,30,36H,10,13-22H2,1H3,(H,33,37)/t25-,30?/m0/s1. The number of phenols is 1. The Bertz CT molecular complexity index is 1180. The highest BCUT2D eigenvalue weighted by molar-refractivity contribution is 5.85. The first-order valence-electron chi connectivity index (χ1n) is 14.1. The highest BCUT2D eigenvalue weighted by Gasteiger charge is 2.35. The number of aryl methyl sites for hydroxylation is 1. The Balaban J connectivity index is 1.06. The third-order valence-corrected chi connectivity index (χ3v) is 8.62. The van der Waals surface area contributed by atoms with Crippen LogP contribution < -0.4 is 5.32 Å². The number of carbonyl (C=O) groups is 2. The lowest BCUT2D eigenvalue weighted by Gasteiger charge is -2.42. The van der Waals surface area contributed by atoms with Crippen LogP contribution >= 0.6 is 0 Å². The molecular formula is C32H39N3O3. The summed E-state index contributed by atoms with van der Waals surface area (Å²) in [6, 6.07) is 16.1. The van der Waals surface area contributed by atoms with E-state index in [2.05, 4.69) is 51.2 Å². The molecule has 2 amide bonds. The van der Waals surface area contributed by atoms with Gasteiger partial charge in [-0.3, -0.25) is 9.59 Å². The van der Waals surface area contributed by atoms with Crippen molar-refractivity contribution in [3.05, 3.63) is 65.2 Å². The van der Waals surface area contributed by atoms with Crippen LogP contribution in [0.2, 0.25) is 0 Å². The second-order valence-electron chi connectivity index (χ2n) is 11.0. The van der Waals surface area contributed by atoms with Gasteiger partial charge >= 0.3 is 0 Å². The van der Waals surface area contributed by atoms with Gasteiger partial charge in [0.1, 0.15) is 5.75 Å². The lowest BCUT2D eigenvalue weighted by molar-refractivity contribution is -0.134. The minimum Gasteiger partial charge on any atom is -0.508 e. The number of hydrogen-bond acceptors (Lipinski definition) is 4. The van der Waals surface area contributed by atoms with Gasteiger partial charge in [0.05, 0.1) is 11.8 Å². The average Bonchev–Trinajstić information content (AvgIpc) is 3.38. The molecular weight excluding hydrogens is 474 g/mol. The van der Waals surface area contributed by atoms with Gasteiger partial charge in [-0.2, -0.15) is 0 Å². The summed E-state index contributed by atoms with van der Waals surface area (Å²) in [5, 5.41) is 12.8. The number of phenolic OH excluding ortho intramolecular Hbond substituents is 1. The lowest BCUT2D eigenvalue weighted by Crippen LogP contribution is -2.52. The largest absolute Gasteiger partial charge is 0.508 e. The van der Waals surface area contributed by atoms with Crippen LogP contribution in [0.3, 0.4) is 0 Å². The summed E-state index contributed by atoms with van der Waals surface area (Å²) >= 11 is 0. The summed E-state index contributed by atoms with van der Waals surface area (Å²) in [6.45, 7) is 5.44. The predicted octanol–water partition coefficient (Wildman–Crippen LogP) is 4.19. The fourth-order valence-corrected chi connectivity index (χ4v) is 6.50. The van der Waals surface area contributed by atoms with Crippen molar-refractivity contribution < 1.29 is 14.7 Å². The molecule has 2 atom stereocenters. The predicted molar refractivity (Wildman–Crippen MR) is 149 cm³/mol. The Labute approximate surface area is 226 Å². The van der Waals surface area contributed by atoms with Crippen molar-refractivity contribution in [3.8, 4) is 17.6 Å². The topological polar surface area (TPSA) is 72.9 Å². The number of nitrogens with one attached hydrogen (secondary N) is 1. The Hall–Kier alpha value is -3.30. The van der Waals surface area contributed by atoms with E-state index in [0.717, 1.165) is 70.3 Å². The summed E-state index contributed by atoms with van der Waals surface area (Å²) in [7, 11) is 0. The van der Waals surface area contributed by atoms with Gasteiger partial charge in [0.25, 0.3) is 0 Å². The van der Waals surface area contributed by atoms with Crippen molar-refractivity contribution in [2.45, 2.75) is 75.8 Å². The van der Waals surface area contributed by atoms with Crippen molar-refractivity contribution in [1.29, 1.82) is 0 Å². The molecule has 2 fully saturated rings. The summed E-state index contributed by atoms with van der Waals surface area (Å²) < 4.78 is 0. The molecule has 5 rings (SSSR count). The normalized spacial score (nSPS) is 21.3. The first-order chi connectivity index (χ1) is 18.5. The highest BCUT2D eigenvalue weighted by atomic mass is 16.3. The molecule has 3 aliphatic rings. The van der Waals surface area contributed by atoms with Crippen LogP contribution in [-0.4, -0.2) is 65.0 Å². The summed E-state index contributed by atoms with van der Waals surface area (Å²) in [6.07, 6.45) is 6.24. The monoisotopic (exact) mass is 513 g/mol. The minimum absolute atomic E-state index is 0.0320. The zero-order valence-corrected chi connectivity index (χ0v) is 22.4. The van der Waals surface area contributed by atoms with Gasteiger partial charge < -0.3 is 20.2 Å². The molecule has 0 radical (unpaired) electrons. The van der Waals surface area contributed by atoms with E-state index in [1.165, 1.54) is 11.1 Å². The smallest absolute Gasteiger partial charge is 0.230 e. The van der Waals surface area contributed by atoms with Crippen LogP contribution in [0.25, 0.3) is 0 Å². The molecule has 2 aromatic carbocycles. The first-order valence-corrected chi connectivity index (χ1v) is 14.1. The second-order valence-corrected chi connectivity index (χ2v) is 11.0. The molecule has 1 unspecified atom stereocenters. The SMILES string of the molecule is CC#C[C@@H](CC(=O)NC1CCN(C2CCN(C(=O)C3CCc4ccccc43)CC2)CC1)c1ccc(O)cc1. The third kappa shape index (κ3) is 6.05. The second kappa shape index (κ2) is 12.0. The molecule has 2 aromatic rings. The molecule has 2 heterocycles. The molecule has 0 spiro atoms. The molecule has 0 aromatic heterocycles. The number of piperidine rings is 2. The van der Waals surface area contributed by atoms with Gasteiger partial charge in [-0.15, -0.1) is 5.92 Å². The van der Waals surface area contributed by atoms with Crippen molar-refractivity contribution in [1.82, 2.24) is 15.1 Å². The van der Waals surface area contributed by atoms with Crippen LogP contribution in [0.1, 0.15) is 74.0 Å². The molecule has 6 heteroatoms. The Morgan fingerprint density at radius 1 is 0.974 bits per heavy atom. The van der Waals surface area contributed by atoms with Crippen molar-refractivity contribution in [3.63, 3.8) is 0 Å². The highest BCUT2D eigenvalue weighted by Crippen LogP contribution is 2.35. The number of carbonyl (C=O) groups excluding carboxylic acids is 2. The summed E-state index contributed by atoms with van der Waals surface area (Å²) in [5.41, 5.74) is 3.52. The fraction of sp³-hybridized carbons (Fsp3) is 0.500. The molecule has 0 bridgehead atoms. The summed E-state index contributed by atoms with van der Waals surface area (Å²) in [5.74, 6) is 6.50. The van der Waals surface area contributed by atoms with E-state index < -0.39 is 0 Å². The van der Waals surface area contributed by atoms with E-state index in [-0.39, 0.29) is 29.5 Å². The molecule has 38 heavy (non-hydrogen) atoms. The van der Waals surface area contributed by atoms with Crippen LogP contribution in [0.4, 0.5) is 0 Å². The first kappa shape index (κ1) is 26.3. The van der Waals surface area contributed by atoms with Gasteiger partial charge in [-0.25, -0.2) is 0 Å². The fourth-order valence-electron chi connectivity index (χ4n) is 6.50. The number of benzene rings is 2. The Kier molecular flexibility index (Phi) is 8.34. The number of hydrogen-bond donors (Lipinski definition) is 2. The zero-order valence-electron chi connectivity index (χ0n) is 22.4. The molecule has 6 nitrogen and oxygen atoms in total. The average molecular weight is 514 g/mol. The van der Waals surface area contributed by atoms with E-state index in [0.29, 0.717) is 18.4 Å². The van der Waals surface area contributed by atoms with Gasteiger partial charge in [0.15, 0.2) is 0 Å². The lowest BCUT2D eigenvalue weighted by atomic mass is 9.94. The van der Waals surface area contributed by atoms with Crippen molar-refractivity contribution in [2.75, 3.05) is 26.2 Å². The molecule has 1 aliphatic carbocycles. The van der Waals surface area contributed by atoms with E-state index in [4.69, 9.17) is 0 Å². The van der Waals surface area contributed by atoms with Gasteiger partial charge in [0.2, 0.25) is 11.8 Å². The number of amides is 2. The van der Waals surface area contributed by atoms with E-state index >= 15 is 0 Å². The van der Waals surface area contributed by atoms with Crippen molar-refractivity contribution >= 4 is 11.8 Å². The Morgan fingerprint density at radius 2 is 1.68 bits per heavy atom. The third-order valence-electron chi connectivity index (χ3n) is 8.62. The van der Waals surface area contributed by atoms with Crippen LogP contribution in [-0.2, 0) is 16.0 Å². The number of fused-ring (bicyclic) bond motifs is 1. The molecule has 2 N–H and O–H groups in total. The zero-order chi connectivity index (χ0) is 26.5. The minimum atomic E-state index is -0.175.